The maximum atomic E-state index is 12.9. The fourth-order valence-corrected chi connectivity index (χ4v) is 4.70. The van der Waals surface area contributed by atoms with Crippen LogP contribution in [0.5, 0.6) is 0 Å². The first kappa shape index (κ1) is 21.0. The van der Waals surface area contributed by atoms with E-state index in [0.717, 1.165) is 6.42 Å². The highest BCUT2D eigenvalue weighted by Crippen LogP contribution is 2.52. The maximum Gasteiger partial charge on any atom is 0.246 e. The van der Waals surface area contributed by atoms with E-state index >= 15 is 0 Å². The summed E-state index contributed by atoms with van der Waals surface area (Å²) in [5, 5.41) is 8.74. The van der Waals surface area contributed by atoms with Crippen LogP contribution in [0.3, 0.4) is 0 Å². The van der Waals surface area contributed by atoms with Crippen LogP contribution in [0.25, 0.3) is 0 Å². The number of fused-ring (bicyclic) bond motifs is 5. The summed E-state index contributed by atoms with van der Waals surface area (Å²) < 4.78 is 12.9. The number of imide groups is 1. The number of anilines is 1. The minimum absolute atomic E-state index is 0.0748. The molecule has 31 heavy (non-hydrogen) atoms. The number of nitrogens with one attached hydrogen (secondary N) is 3. The molecule has 1 aliphatic heterocycles. The van der Waals surface area contributed by atoms with Crippen molar-refractivity contribution >= 4 is 29.4 Å². The van der Waals surface area contributed by atoms with Gasteiger partial charge in [0.1, 0.15) is 12.4 Å². The monoisotopic (exact) mass is 427 g/mol. The summed E-state index contributed by atoms with van der Waals surface area (Å²) in [5.41, 5.74) is 0.486. The predicted octanol–water partition coefficient (Wildman–Crippen LogP) is 1.13. The van der Waals surface area contributed by atoms with Gasteiger partial charge in [0.2, 0.25) is 17.7 Å². The average molecular weight is 427 g/mol. The lowest BCUT2D eigenvalue weighted by molar-refractivity contribution is -0.140. The number of benzene rings is 1. The van der Waals surface area contributed by atoms with Gasteiger partial charge in [-0.1, -0.05) is 12.2 Å². The van der Waals surface area contributed by atoms with E-state index in [1.165, 1.54) is 29.2 Å². The van der Waals surface area contributed by atoms with E-state index in [1.807, 2.05) is 6.92 Å². The van der Waals surface area contributed by atoms with E-state index in [2.05, 4.69) is 33.1 Å². The molecule has 3 amide bonds. The Bertz CT molecular complexity index is 900. The largest absolute Gasteiger partial charge is 0.357 e. The van der Waals surface area contributed by atoms with Gasteiger partial charge < -0.3 is 16.0 Å². The lowest BCUT2D eigenvalue weighted by Gasteiger charge is -2.18. The third kappa shape index (κ3) is 4.30. The van der Waals surface area contributed by atoms with Crippen LogP contribution in [0.4, 0.5) is 10.1 Å². The van der Waals surface area contributed by atoms with Gasteiger partial charge in [-0.3, -0.25) is 19.3 Å². The van der Waals surface area contributed by atoms with E-state index in [9.17, 15) is 18.8 Å². The second kappa shape index (κ2) is 8.87. The first-order chi connectivity index (χ1) is 15.0. The Morgan fingerprint density at radius 2 is 1.74 bits per heavy atom. The van der Waals surface area contributed by atoms with Gasteiger partial charge in [-0.15, -0.1) is 0 Å². The third-order valence-electron chi connectivity index (χ3n) is 6.04. The molecule has 4 unspecified atom stereocenters. The Morgan fingerprint density at radius 1 is 1.10 bits per heavy atom. The van der Waals surface area contributed by atoms with Gasteiger partial charge in [0.25, 0.3) is 0 Å². The fourth-order valence-electron chi connectivity index (χ4n) is 4.70. The third-order valence-corrected chi connectivity index (χ3v) is 6.04. The molecule has 1 saturated carbocycles. The number of amides is 3. The Balaban J connectivity index is 1.27. The molecule has 1 aromatic carbocycles. The number of hydrogen-bond donors (Lipinski definition) is 3. The number of guanidine groups is 1. The van der Waals surface area contributed by atoms with Crippen LogP contribution in [0, 0.1) is 29.5 Å². The lowest BCUT2D eigenvalue weighted by atomic mass is 9.85. The van der Waals surface area contributed by atoms with Crippen molar-refractivity contribution in [3.63, 3.8) is 0 Å². The number of hydrogen-bond acceptors (Lipinski definition) is 4. The van der Waals surface area contributed by atoms with E-state index in [-0.39, 0.29) is 60.3 Å². The van der Waals surface area contributed by atoms with Crippen LogP contribution in [-0.4, -0.2) is 54.8 Å². The first-order valence-corrected chi connectivity index (χ1v) is 10.6. The van der Waals surface area contributed by atoms with Gasteiger partial charge in [-0.2, -0.15) is 0 Å². The molecule has 164 valence electrons. The summed E-state index contributed by atoms with van der Waals surface area (Å²) >= 11 is 0. The van der Waals surface area contributed by atoms with E-state index < -0.39 is 0 Å². The molecule has 2 fully saturated rings. The molecule has 0 radical (unpaired) electrons. The zero-order chi connectivity index (χ0) is 22.0. The van der Waals surface area contributed by atoms with Crippen LogP contribution in [-0.2, 0) is 14.4 Å². The van der Waals surface area contributed by atoms with Crippen LogP contribution in [0.2, 0.25) is 0 Å². The van der Waals surface area contributed by atoms with Crippen LogP contribution in [0.1, 0.15) is 13.3 Å². The standard InChI is InChI=1S/C22H26FN5O3/c1-2-24-22(26-12-17(29)27-16-7-5-15(23)6-8-16)25-9-10-28-20(30)18-13-3-4-14(11-13)19(18)21(28)31/h3-8,13-14,18-19H,2,9-12H2,1H3,(H,27,29)(H2,24,25,26). The molecular weight excluding hydrogens is 401 g/mol. The highest BCUT2D eigenvalue weighted by molar-refractivity contribution is 6.06. The van der Waals surface area contributed by atoms with Gasteiger partial charge in [0.05, 0.1) is 11.8 Å². The molecule has 0 spiro atoms. The minimum Gasteiger partial charge on any atom is -0.357 e. The van der Waals surface area contributed by atoms with Gasteiger partial charge >= 0.3 is 0 Å². The van der Waals surface area contributed by atoms with Gasteiger partial charge in [0, 0.05) is 25.3 Å². The molecule has 2 aliphatic carbocycles. The Morgan fingerprint density at radius 3 is 2.35 bits per heavy atom. The molecule has 3 aliphatic rings. The molecule has 4 rings (SSSR count). The zero-order valence-corrected chi connectivity index (χ0v) is 17.3. The number of nitrogens with zero attached hydrogens (tertiary/aromatic N) is 2. The molecule has 4 atom stereocenters. The van der Waals surface area contributed by atoms with Gasteiger partial charge in [-0.25, -0.2) is 9.38 Å². The van der Waals surface area contributed by atoms with E-state index in [4.69, 9.17) is 0 Å². The number of carbonyl (C=O) groups excluding carboxylic acids is 3. The van der Waals surface area contributed by atoms with Crippen molar-refractivity contribution in [2.45, 2.75) is 13.3 Å². The highest BCUT2D eigenvalue weighted by atomic mass is 19.1. The molecule has 1 aromatic rings. The molecule has 1 saturated heterocycles. The predicted molar refractivity (Wildman–Crippen MR) is 113 cm³/mol. The van der Waals surface area contributed by atoms with Crippen LogP contribution < -0.4 is 16.0 Å². The quantitative estimate of drug-likeness (QED) is 0.262. The molecule has 1 heterocycles. The molecule has 3 N–H and O–H groups in total. The molecule has 0 aromatic heterocycles. The van der Waals surface area contributed by atoms with Crippen LogP contribution in [0.15, 0.2) is 41.4 Å². The number of likely N-dealkylation sites (tertiary alicyclic amines) is 1. The van der Waals surface area contributed by atoms with Crippen molar-refractivity contribution < 1.29 is 18.8 Å². The maximum absolute atomic E-state index is 12.9. The number of aliphatic imine (C=N–C) groups is 1. The SMILES string of the molecule is CCNC(=NCC(=O)Nc1ccc(F)cc1)NCCN1C(=O)C2C3C=CC(C3)C2C1=O. The number of allylic oxidation sites excluding steroid dienone is 2. The lowest BCUT2D eigenvalue weighted by Crippen LogP contribution is -2.44. The summed E-state index contributed by atoms with van der Waals surface area (Å²) in [6.07, 6.45) is 5.06. The topological polar surface area (TPSA) is 103 Å². The van der Waals surface area contributed by atoms with Crippen LogP contribution >= 0.6 is 0 Å². The van der Waals surface area contributed by atoms with Crippen molar-refractivity contribution in [1.29, 1.82) is 0 Å². The Kier molecular flexibility index (Phi) is 6.01. The van der Waals surface area contributed by atoms with Crippen molar-refractivity contribution in [2.75, 3.05) is 31.5 Å². The molecule has 8 nitrogen and oxygen atoms in total. The van der Waals surface area contributed by atoms with E-state index in [0.29, 0.717) is 24.7 Å². The van der Waals surface area contributed by atoms with Crippen molar-refractivity contribution in [1.82, 2.24) is 15.5 Å². The van der Waals surface area contributed by atoms with Gasteiger partial charge in [0.15, 0.2) is 5.96 Å². The molecule has 9 heteroatoms. The molecular formula is C22H26FN5O3. The number of halogens is 1. The first-order valence-electron chi connectivity index (χ1n) is 10.6. The van der Waals surface area contributed by atoms with Gasteiger partial charge in [-0.05, 0) is 49.4 Å². The summed E-state index contributed by atoms with van der Waals surface area (Å²) in [4.78, 5) is 43.1. The highest BCUT2D eigenvalue weighted by Gasteiger charge is 2.58. The van der Waals surface area contributed by atoms with E-state index in [1.54, 1.807) is 0 Å². The molecule has 2 bridgehead atoms. The van der Waals surface area contributed by atoms with Crippen molar-refractivity contribution in [3.05, 3.63) is 42.2 Å². The fraction of sp³-hybridized carbons (Fsp3) is 0.455. The Hall–Kier alpha value is -3.23. The average Bonchev–Trinajstić information content (AvgIpc) is 3.43. The summed E-state index contributed by atoms with van der Waals surface area (Å²) in [6.45, 7) is 2.95. The Labute approximate surface area is 180 Å². The smallest absolute Gasteiger partial charge is 0.246 e. The second-order valence-electron chi connectivity index (χ2n) is 8.01. The summed E-state index contributed by atoms with van der Waals surface area (Å²) in [5.74, 6) is -0.451. The minimum atomic E-state index is -0.378. The summed E-state index contributed by atoms with van der Waals surface area (Å²) in [6, 6.07) is 5.48. The normalized spacial score (nSPS) is 26.4. The number of carbonyl (C=O) groups is 3. The zero-order valence-electron chi connectivity index (χ0n) is 17.3. The van der Waals surface area contributed by atoms with Crippen molar-refractivity contribution in [2.24, 2.45) is 28.7 Å². The summed E-state index contributed by atoms with van der Waals surface area (Å²) in [7, 11) is 0. The second-order valence-corrected chi connectivity index (χ2v) is 8.01. The van der Waals surface area contributed by atoms with Crippen molar-refractivity contribution in [3.8, 4) is 0 Å². The number of rotatable bonds is 7.